The third kappa shape index (κ3) is 1.18. The van der Waals surface area contributed by atoms with Crippen molar-refractivity contribution in [1.82, 2.24) is 9.55 Å². The number of fused-ring (bicyclic) bond motifs is 1. The second kappa shape index (κ2) is 3.19. The smallest absolute Gasteiger partial charge is 0.146 e. The fourth-order valence-corrected chi connectivity index (χ4v) is 1.49. The van der Waals surface area contributed by atoms with E-state index in [-0.39, 0.29) is 0 Å². The number of rotatable bonds is 2. The highest BCUT2D eigenvalue weighted by Gasteiger charge is 2.08. The maximum atomic E-state index is 5.33. The van der Waals surface area contributed by atoms with Crippen LogP contribution in [0.3, 0.4) is 0 Å². The first-order valence-electron chi connectivity index (χ1n) is 4.22. The van der Waals surface area contributed by atoms with Gasteiger partial charge in [0.25, 0.3) is 0 Å². The first kappa shape index (κ1) is 8.83. The van der Waals surface area contributed by atoms with Gasteiger partial charge in [-0.2, -0.15) is 0 Å². The summed E-state index contributed by atoms with van der Waals surface area (Å²) in [4.78, 5) is 4.22. The Balaban J connectivity index is 2.76. The SMILES string of the molecule is COc1cc(NN)cc2ncn(C)c12. The molecule has 0 bridgehead atoms. The number of nitrogen functional groups attached to an aromatic ring is 1. The van der Waals surface area contributed by atoms with Crippen LogP contribution in [0.1, 0.15) is 0 Å². The van der Waals surface area contributed by atoms with Gasteiger partial charge in [0.15, 0.2) is 0 Å². The van der Waals surface area contributed by atoms with Crippen LogP contribution >= 0.6 is 0 Å². The molecule has 0 radical (unpaired) electrons. The molecule has 0 fully saturated rings. The summed E-state index contributed by atoms with van der Waals surface area (Å²) in [5, 5.41) is 0. The van der Waals surface area contributed by atoms with Crippen LogP contribution in [0.25, 0.3) is 11.0 Å². The molecule has 1 aromatic heterocycles. The lowest BCUT2D eigenvalue weighted by molar-refractivity contribution is 0.418. The van der Waals surface area contributed by atoms with Gasteiger partial charge >= 0.3 is 0 Å². The van der Waals surface area contributed by atoms with E-state index in [0.717, 1.165) is 22.5 Å². The van der Waals surface area contributed by atoms with E-state index in [0.29, 0.717) is 0 Å². The molecule has 0 aliphatic rings. The summed E-state index contributed by atoms with van der Waals surface area (Å²) in [7, 11) is 3.55. The van der Waals surface area contributed by atoms with Gasteiger partial charge in [-0.05, 0) is 6.07 Å². The Kier molecular flexibility index (Phi) is 2.01. The number of imidazole rings is 1. The third-order valence-electron chi connectivity index (χ3n) is 2.16. The molecular weight excluding hydrogens is 180 g/mol. The minimum atomic E-state index is 0.760. The van der Waals surface area contributed by atoms with E-state index in [1.54, 1.807) is 13.4 Å². The summed E-state index contributed by atoms with van der Waals surface area (Å²) in [6.45, 7) is 0. The fraction of sp³-hybridized carbons (Fsp3) is 0.222. The molecule has 0 aliphatic carbocycles. The normalized spacial score (nSPS) is 10.5. The molecule has 2 rings (SSSR count). The van der Waals surface area contributed by atoms with E-state index in [9.17, 15) is 0 Å². The Morgan fingerprint density at radius 3 is 2.93 bits per heavy atom. The summed E-state index contributed by atoms with van der Waals surface area (Å²) >= 11 is 0. The van der Waals surface area contributed by atoms with E-state index < -0.39 is 0 Å². The maximum absolute atomic E-state index is 5.33. The van der Waals surface area contributed by atoms with Crippen LogP contribution in [0.4, 0.5) is 5.69 Å². The van der Waals surface area contributed by atoms with E-state index in [2.05, 4.69) is 10.4 Å². The van der Waals surface area contributed by atoms with Crippen LogP contribution in [0.15, 0.2) is 18.5 Å². The van der Waals surface area contributed by atoms with Gasteiger partial charge in [0.1, 0.15) is 11.3 Å². The molecule has 1 aromatic carbocycles. The monoisotopic (exact) mass is 192 g/mol. The van der Waals surface area contributed by atoms with Crippen molar-refractivity contribution in [2.75, 3.05) is 12.5 Å². The quantitative estimate of drug-likeness (QED) is 0.547. The lowest BCUT2D eigenvalue weighted by Gasteiger charge is -2.06. The number of aromatic nitrogens is 2. The number of hydrogen-bond acceptors (Lipinski definition) is 4. The fourth-order valence-electron chi connectivity index (χ4n) is 1.49. The molecule has 5 nitrogen and oxygen atoms in total. The number of nitrogens with zero attached hydrogens (tertiary/aromatic N) is 2. The van der Waals surface area contributed by atoms with Crippen LogP contribution in [-0.4, -0.2) is 16.7 Å². The molecule has 2 aromatic rings. The molecule has 0 spiro atoms. The van der Waals surface area contributed by atoms with E-state index in [1.807, 2.05) is 23.7 Å². The molecule has 0 unspecified atom stereocenters. The highest BCUT2D eigenvalue weighted by molar-refractivity contribution is 5.86. The first-order valence-corrected chi connectivity index (χ1v) is 4.22. The van der Waals surface area contributed by atoms with Crippen molar-refractivity contribution in [1.29, 1.82) is 0 Å². The largest absolute Gasteiger partial charge is 0.494 e. The number of anilines is 1. The Morgan fingerprint density at radius 1 is 1.50 bits per heavy atom. The number of hydrogen-bond donors (Lipinski definition) is 2. The van der Waals surface area contributed by atoms with Gasteiger partial charge in [-0.3, -0.25) is 5.84 Å². The van der Waals surface area contributed by atoms with Crippen molar-refractivity contribution in [2.45, 2.75) is 0 Å². The van der Waals surface area contributed by atoms with Crippen molar-refractivity contribution in [3.63, 3.8) is 0 Å². The second-order valence-electron chi connectivity index (χ2n) is 3.05. The van der Waals surface area contributed by atoms with Crippen molar-refractivity contribution in [2.24, 2.45) is 12.9 Å². The first-order chi connectivity index (χ1) is 6.76. The van der Waals surface area contributed by atoms with Crippen molar-refractivity contribution in [3.8, 4) is 5.75 Å². The summed E-state index contributed by atoms with van der Waals surface area (Å²) in [6, 6.07) is 3.71. The predicted molar refractivity (Wildman–Crippen MR) is 55.1 cm³/mol. The van der Waals surface area contributed by atoms with Crippen LogP contribution < -0.4 is 16.0 Å². The van der Waals surface area contributed by atoms with Crippen LogP contribution in [0, 0.1) is 0 Å². The summed E-state index contributed by atoms with van der Waals surface area (Å²) in [6.07, 6.45) is 1.74. The molecular formula is C9H12N4O. The lowest BCUT2D eigenvalue weighted by Crippen LogP contribution is -2.06. The van der Waals surface area contributed by atoms with Crippen LogP contribution in [-0.2, 0) is 7.05 Å². The van der Waals surface area contributed by atoms with Gasteiger partial charge < -0.3 is 14.7 Å². The highest BCUT2D eigenvalue weighted by Crippen LogP contribution is 2.28. The molecule has 0 saturated heterocycles. The van der Waals surface area contributed by atoms with Crippen molar-refractivity contribution in [3.05, 3.63) is 18.5 Å². The molecule has 0 saturated carbocycles. The molecule has 0 atom stereocenters. The van der Waals surface area contributed by atoms with Crippen molar-refractivity contribution >= 4 is 16.7 Å². The van der Waals surface area contributed by atoms with E-state index in [1.165, 1.54) is 0 Å². The summed E-state index contributed by atoms with van der Waals surface area (Å²) < 4.78 is 7.16. The van der Waals surface area contributed by atoms with Crippen molar-refractivity contribution < 1.29 is 4.74 Å². The number of ether oxygens (including phenoxy) is 1. The van der Waals surface area contributed by atoms with E-state index >= 15 is 0 Å². The van der Waals surface area contributed by atoms with E-state index in [4.69, 9.17) is 10.6 Å². The summed E-state index contributed by atoms with van der Waals surface area (Å²) in [5.41, 5.74) is 5.18. The zero-order valence-corrected chi connectivity index (χ0v) is 8.11. The number of nitrogens with one attached hydrogen (secondary N) is 1. The standard InChI is InChI=1S/C9H12N4O/c1-13-5-11-7-3-6(12-10)4-8(14-2)9(7)13/h3-5,12H,10H2,1-2H3. The number of methoxy groups -OCH3 is 1. The lowest BCUT2D eigenvalue weighted by atomic mass is 10.2. The van der Waals surface area contributed by atoms with Gasteiger partial charge in [0.05, 0.1) is 24.6 Å². The third-order valence-corrected chi connectivity index (χ3v) is 2.16. The maximum Gasteiger partial charge on any atom is 0.146 e. The predicted octanol–water partition coefficient (Wildman–Crippen LogP) is 0.867. The minimum Gasteiger partial charge on any atom is -0.494 e. The Bertz CT molecular complexity index is 463. The van der Waals surface area contributed by atoms with Gasteiger partial charge in [-0.1, -0.05) is 0 Å². The topological polar surface area (TPSA) is 65.1 Å². The van der Waals surface area contributed by atoms with Gasteiger partial charge in [0, 0.05) is 13.1 Å². The van der Waals surface area contributed by atoms with Gasteiger partial charge in [0.2, 0.25) is 0 Å². The Hall–Kier alpha value is -1.75. The van der Waals surface area contributed by atoms with Gasteiger partial charge in [-0.25, -0.2) is 4.98 Å². The molecule has 3 N–H and O–H groups in total. The number of nitrogens with two attached hydrogens (primary N) is 1. The average Bonchev–Trinajstić information content (AvgIpc) is 2.59. The zero-order chi connectivity index (χ0) is 10.1. The average molecular weight is 192 g/mol. The second-order valence-corrected chi connectivity index (χ2v) is 3.05. The molecule has 0 aliphatic heterocycles. The number of benzene rings is 1. The highest BCUT2D eigenvalue weighted by atomic mass is 16.5. The van der Waals surface area contributed by atoms with Gasteiger partial charge in [-0.15, -0.1) is 0 Å². The van der Waals surface area contributed by atoms with Crippen LogP contribution in [0.5, 0.6) is 5.75 Å². The molecule has 14 heavy (non-hydrogen) atoms. The molecule has 5 heteroatoms. The number of aryl methyl sites for hydroxylation is 1. The number of hydrazine groups is 1. The zero-order valence-electron chi connectivity index (χ0n) is 8.11. The summed E-state index contributed by atoms with van der Waals surface area (Å²) in [5.74, 6) is 6.09. The molecule has 74 valence electrons. The van der Waals surface area contributed by atoms with Crippen LogP contribution in [0.2, 0.25) is 0 Å². The molecule has 0 amide bonds. The minimum absolute atomic E-state index is 0.760. The molecule has 1 heterocycles. The Labute approximate surface area is 81.5 Å². The Morgan fingerprint density at radius 2 is 2.29 bits per heavy atom.